The van der Waals surface area contributed by atoms with E-state index in [9.17, 15) is 9.59 Å². The number of nitrogens with one attached hydrogen (secondary N) is 2. The minimum Gasteiger partial charge on any atom is -0.376 e. The van der Waals surface area contributed by atoms with Crippen LogP contribution >= 0.6 is 11.6 Å². The van der Waals surface area contributed by atoms with Crippen molar-refractivity contribution in [2.75, 3.05) is 11.9 Å². The zero-order valence-corrected chi connectivity index (χ0v) is 18.1. The summed E-state index contributed by atoms with van der Waals surface area (Å²) in [6.07, 6.45) is 3.41. The van der Waals surface area contributed by atoms with Crippen molar-refractivity contribution in [2.45, 2.75) is 6.92 Å². The molecule has 6 nitrogen and oxygen atoms in total. The van der Waals surface area contributed by atoms with E-state index in [0.717, 1.165) is 22.3 Å². The number of anilines is 1. The number of halogens is 1. The Hall–Kier alpha value is -3.90. The van der Waals surface area contributed by atoms with Crippen LogP contribution in [0.15, 0.2) is 84.1 Å². The van der Waals surface area contributed by atoms with Gasteiger partial charge in [-0.25, -0.2) is 5.43 Å². The number of hydrogen-bond donors (Lipinski definition) is 2. The van der Waals surface area contributed by atoms with Crippen molar-refractivity contribution in [1.82, 2.24) is 9.83 Å². The number of pyridine rings is 1. The third-order valence-corrected chi connectivity index (χ3v) is 5.32. The molecule has 0 saturated carbocycles. The molecule has 2 heterocycles. The van der Waals surface area contributed by atoms with E-state index in [-0.39, 0.29) is 18.2 Å². The molecule has 7 heteroatoms. The van der Waals surface area contributed by atoms with E-state index in [1.165, 1.54) is 0 Å². The third-order valence-electron chi connectivity index (χ3n) is 5.07. The predicted octanol–water partition coefficient (Wildman–Crippen LogP) is 4.69. The molecular formula is C25H21ClN4O2. The highest BCUT2D eigenvalue weighted by molar-refractivity contribution is 6.30. The van der Waals surface area contributed by atoms with Gasteiger partial charge < -0.3 is 9.72 Å². The Morgan fingerprint density at radius 2 is 1.72 bits per heavy atom. The van der Waals surface area contributed by atoms with Crippen molar-refractivity contribution < 1.29 is 9.59 Å². The molecule has 32 heavy (non-hydrogen) atoms. The van der Waals surface area contributed by atoms with Gasteiger partial charge in [-0.3, -0.25) is 9.59 Å². The number of hydrazone groups is 1. The summed E-state index contributed by atoms with van der Waals surface area (Å²) in [6.45, 7) is 1.97. The lowest BCUT2D eigenvalue weighted by Crippen LogP contribution is -2.25. The van der Waals surface area contributed by atoms with Crippen molar-refractivity contribution in [3.05, 3.63) is 106 Å². The second-order valence-electron chi connectivity index (χ2n) is 7.19. The number of rotatable bonds is 7. The second-order valence-corrected chi connectivity index (χ2v) is 7.63. The molecule has 1 amide bonds. The monoisotopic (exact) mass is 444 g/mol. The van der Waals surface area contributed by atoms with Gasteiger partial charge in [0.2, 0.25) is 5.78 Å². The summed E-state index contributed by atoms with van der Waals surface area (Å²) in [7, 11) is 0. The van der Waals surface area contributed by atoms with Crippen LogP contribution in [0, 0.1) is 6.92 Å². The smallest absolute Gasteiger partial charge is 0.259 e. The van der Waals surface area contributed by atoms with Crippen molar-refractivity contribution in [2.24, 2.45) is 5.10 Å². The number of fused-ring (bicyclic) bond motifs is 1. The molecule has 0 unspecified atom stereocenters. The Balaban J connectivity index is 1.55. The fraction of sp³-hybridized carbons (Fsp3) is 0.0800. The molecule has 4 aromatic rings. The van der Waals surface area contributed by atoms with E-state index in [4.69, 9.17) is 11.6 Å². The van der Waals surface area contributed by atoms with Crippen LogP contribution in [-0.2, 0) is 4.79 Å². The van der Waals surface area contributed by atoms with Crippen LogP contribution in [0.25, 0.3) is 5.52 Å². The Bertz CT molecular complexity index is 1300. The molecule has 0 spiro atoms. The molecule has 2 aromatic carbocycles. The number of benzene rings is 2. The number of nitrogens with zero attached hydrogens (tertiary/aromatic N) is 2. The first-order chi connectivity index (χ1) is 15.5. The van der Waals surface area contributed by atoms with Gasteiger partial charge in [-0.15, -0.1) is 0 Å². The molecule has 160 valence electrons. The van der Waals surface area contributed by atoms with Crippen molar-refractivity contribution in [1.29, 1.82) is 0 Å². The van der Waals surface area contributed by atoms with Gasteiger partial charge in [0.15, 0.2) is 0 Å². The van der Waals surface area contributed by atoms with E-state index < -0.39 is 0 Å². The average Bonchev–Trinajstić information content (AvgIpc) is 3.10. The minimum atomic E-state index is -0.274. The maximum absolute atomic E-state index is 13.2. The number of ketones is 1. The lowest BCUT2D eigenvalue weighted by atomic mass is 10.0. The molecule has 0 aliphatic carbocycles. The van der Waals surface area contributed by atoms with Crippen LogP contribution in [0.4, 0.5) is 5.69 Å². The van der Waals surface area contributed by atoms with Gasteiger partial charge in [0.1, 0.15) is 0 Å². The zero-order valence-electron chi connectivity index (χ0n) is 17.4. The minimum absolute atomic E-state index is 0.0944. The second kappa shape index (κ2) is 9.49. The molecule has 2 aromatic heterocycles. The van der Waals surface area contributed by atoms with Gasteiger partial charge in [-0.2, -0.15) is 5.10 Å². The SMILES string of the molecule is Cc1c(/C=N/NC(=O)CNc2ccccc2)c2ccccn2c1C(=O)c1ccc(Cl)cc1. The normalized spacial score (nSPS) is 11.1. The summed E-state index contributed by atoms with van der Waals surface area (Å²) in [5.74, 6) is -0.389. The van der Waals surface area contributed by atoms with Crippen LogP contribution in [0.5, 0.6) is 0 Å². The topological polar surface area (TPSA) is 75.0 Å². The van der Waals surface area contributed by atoms with E-state index in [0.29, 0.717) is 16.3 Å². The lowest BCUT2D eigenvalue weighted by molar-refractivity contribution is -0.119. The van der Waals surface area contributed by atoms with Crippen molar-refractivity contribution >= 4 is 40.7 Å². The standard InChI is InChI=1S/C25H21ClN4O2/c1-17-21(15-28-29-23(31)16-27-20-7-3-2-4-8-20)22-9-5-6-14-30(22)24(17)25(32)18-10-12-19(26)13-11-18/h2-15,27H,16H2,1H3,(H,29,31)/b28-15+. The first kappa shape index (κ1) is 21.3. The lowest BCUT2D eigenvalue weighted by Gasteiger charge is -2.04. The van der Waals surface area contributed by atoms with Gasteiger partial charge in [0, 0.05) is 28.0 Å². The summed E-state index contributed by atoms with van der Waals surface area (Å²) >= 11 is 5.96. The Labute approximate surface area is 190 Å². The quantitative estimate of drug-likeness (QED) is 0.246. The van der Waals surface area contributed by atoms with Crippen LogP contribution in [0.1, 0.15) is 27.2 Å². The van der Waals surface area contributed by atoms with Crippen molar-refractivity contribution in [3.8, 4) is 0 Å². The van der Waals surface area contributed by atoms with Crippen LogP contribution in [0.3, 0.4) is 0 Å². The van der Waals surface area contributed by atoms with E-state index in [1.54, 1.807) is 30.5 Å². The van der Waals surface area contributed by atoms with Crippen LogP contribution in [0.2, 0.25) is 5.02 Å². The molecule has 0 bridgehead atoms. The highest BCUT2D eigenvalue weighted by atomic mass is 35.5. The fourth-order valence-electron chi connectivity index (χ4n) is 3.49. The Kier molecular flexibility index (Phi) is 6.33. The molecule has 0 aliphatic rings. The molecule has 4 rings (SSSR count). The maximum atomic E-state index is 13.2. The zero-order chi connectivity index (χ0) is 22.5. The molecule has 0 aliphatic heterocycles. The predicted molar refractivity (Wildman–Crippen MR) is 128 cm³/mol. The molecule has 2 N–H and O–H groups in total. The van der Waals surface area contributed by atoms with E-state index in [1.807, 2.05) is 66.1 Å². The molecule has 0 saturated heterocycles. The van der Waals surface area contributed by atoms with Gasteiger partial charge in [-0.05, 0) is 61.0 Å². The first-order valence-corrected chi connectivity index (χ1v) is 10.4. The van der Waals surface area contributed by atoms with Gasteiger partial charge >= 0.3 is 0 Å². The van der Waals surface area contributed by atoms with E-state index >= 15 is 0 Å². The number of aromatic nitrogens is 1. The largest absolute Gasteiger partial charge is 0.376 e. The molecule has 0 fully saturated rings. The Morgan fingerprint density at radius 1 is 1.00 bits per heavy atom. The Morgan fingerprint density at radius 3 is 2.47 bits per heavy atom. The maximum Gasteiger partial charge on any atom is 0.259 e. The van der Waals surface area contributed by atoms with Crippen molar-refractivity contribution in [3.63, 3.8) is 0 Å². The average molecular weight is 445 g/mol. The molecule has 0 radical (unpaired) electrons. The fourth-order valence-corrected chi connectivity index (χ4v) is 3.61. The summed E-state index contributed by atoms with van der Waals surface area (Å²) in [4.78, 5) is 25.3. The number of amides is 1. The number of para-hydroxylation sites is 1. The third kappa shape index (κ3) is 4.55. The number of carbonyl (C=O) groups excluding carboxylic acids is 2. The van der Waals surface area contributed by atoms with Gasteiger partial charge in [-0.1, -0.05) is 35.9 Å². The summed E-state index contributed by atoms with van der Waals surface area (Å²) in [5.41, 5.74) is 6.83. The van der Waals surface area contributed by atoms with Crippen LogP contribution in [-0.4, -0.2) is 28.9 Å². The first-order valence-electron chi connectivity index (χ1n) is 10.1. The number of carbonyl (C=O) groups is 2. The molecular weight excluding hydrogens is 424 g/mol. The summed E-state index contributed by atoms with van der Waals surface area (Å²) < 4.78 is 1.84. The van der Waals surface area contributed by atoms with Crippen LogP contribution < -0.4 is 10.7 Å². The van der Waals surface area contributed by atoms with Gasteiger partial charge in [0.25, 0.3) is 5.91 Å². The highest BCUT2D eigenvalue weighted by Crippen LogP contribution is 2.24. The molecule has 0 atom stereocenters. The summed E-state index contributed by atoms with van der Waals surface area (Å²) in [6, 6.07) is 21.9. The van der Waals surface area contributed by atoms with E-state index in [2.05, 4.69) is 15.8 Å². The highest BCUT2D eigenvalue weighted by Gasteiger charge is 2.20. The number of hydrogen-bond acceptors (Lipinski definition) is 4. The summed E-state index contributed by atoms with van der Waals surface area (Å²) in [5, 5.41) is 7.72. The van der Waals surface area contributed by atoms with Gasteiger partial charge in [0.05, 0.1) is 24.0 Å².